The summed E-state index contributed by atoms with van der Waals surface area (Å²) in [6, 6.07) is 5.62. The number of nitrogens with one attached hydrogen (secondary N) is 1. The van der Waals surface area contributed by atoms with E-state index < -0.39 is 10.8 Å². The highest BCUT2D eigenvalue weighted by Crippen LogP contribution is 2.28. The average Bonchev–Trinajstić information content (AvgIpc) is 3.31. The zero-order chi connectivity index (χ0) is 20.3. The summed E-state index contributed by atoms with van der Waals surface area (Å²) in [5.41, 5.74) is 8.89. The number of non-ortho nitro benzene ring substituents is 1. The molecule has 0 aliphatic carbocycles. The molecular formula is C15H15N9O4. The van der Waals surface area contributed by atoms with Gasteiger partial charge in [0.15, 0.2) is 5.69 Å². The maximum absolute atomic E-state index is 12.6. The molecule has 0 fully saturated rings. The van der Waals surface area contributed by atoms with Crippen molar-refractivity contribution in [1.29, 1.82) is 0 Å². The molecule has 144 valence electrons. The molecule has 3 rings (SSSR count). The normalized spacial score (nSPS) is 11.4. The third-order valence-electron chi connectivity index (χ3n) is 3.77. The number of amides is 1. The standard InChI is InChI=1S/C15H15N9O4/c1-3-8(2)17-19-15(25)11-12(9-5-4-6-10(7-9)24(26)27)23(22-18-11)14-13(16)20-28-21-14/h4-7H,3H2,1-2H3,(H2,16,20)(H,19,25). The van der Waals surface area contributed by atoms with Crippen LogP contribution in [0.25, 0.3) is 17.1 Å². The highest BCUT2D eigenvalue weighted by molar-refractivity contribution is 5.99. The number of nitrogen functional groups attached to an aromatic ring is 1. The third kappa shape index (κ3) is 3.53. The number of hydrogen-bond acceptors (Lipinski definition) is 10. The van der Waals surface area contributed by atoms with Crippen LogP contribution in [-0.2, 0) is 0 Å². The molecule has 2 heterocycles. The van der Waals surface area contributed by atoms with Gasteiger partial charge in [-0.05, 0) is 23.7 Å². The first-order valence-corrected chi connectivity index (χ1v) is 8.04. The van der Waals surface area contributed by atoms with Crippen molar-refractivity contribution in [3.05, 3.63) is 40.1 Å². The van der Waals surface area contributed by atoms with Crippen molar-refractivity contribution < 1.29 is 14.3 Å². The van der Waals surface area contributed by atoms with Crippen molar-refractivity contribution in [2.75, 3.05) is 5.73 Å². The molecule has 0 saturated carbocycles. The number of rotatable bonds is 6. The molecule has 13 nitrogen and oxygen atoms in total. The van der Waals surface area contributed by atoms with Crippen LogP contribution in [-0.4, -0.2) is 41.8 Å². The van der Waals surface area contributed by atoms with E-state index in [9.17, 15) is 14.9 Å². The van der Waals surface area contributed by atoms with Gasteiger partial charge in [0, 0.05) is 23.4 Å². The quantitative estimate of drug-likeness (QED) is 0.359. The number of nitrogens with zero attached hydrogens (tertiary/aromatic N) is 7. The smallest absolute Gasteiger partial charge is 0.294 e. The first-order chi connectivity index (χ1) is 13.4. The predicted molar refractivity (Wildman–Crippen MR) is 96.6 cm³/mol. The number of carbonyl (C=O) groups is 1. The van der Waals surface area contributed by atoms with Crippen molar-refractivity contribution in [2.45, 2.75) is 20.3 Å². The van der Waals surface area contributed by atoms with Crippen LogP contribution in [0.3, 0.4) is 0 Å². The summed E-state index contributed by atoms with van der Waals surface area (Å²) in [7, 11) is 0. The Kier molecular flexibility index (Phi) is 5.06. The van der Waals surface area contributed by atoms with E-state index in [4.69, 9.17) is 5.73 Å². The molecule has 3 N–H and O–H groups in total. The molecule has 0 bridgehead atoms. The van der Waals surface area contributed by atoms with Crippen LogP contribution in [0, 0.1) is 10.1 Å². The van der Waals surface area contributed by atoms with Crippen LogP contribution in [0.2, 0.25) is 0 Å². The van der Waals surface area contributed by atoms with Gasteiger partial charge in [-0.3, -0.25) is 14.9 Å². The molecule has 0 spiro atoms. The molecule has 28 heavy (non-hydrogen) atoms. The summed E-state index contributed by atoms with van der Waals surface area (Å²) in [5, 5.41) is 29.9. The molecule has 0 atom stereocenters. The summed E-state index contributed by atoms with van der Waals surface area (Å²) in [6.07, 6.45) is 0.645. The Bertz CT molecular complexity index is 1070. The van der Waals surface area contributed by atoms with Crippen LogP contribution < -0.4 is 11.2 Å². The van der Waals surface area contributed by atoms with E-state index >= 15 is 0 Å². The SMILES string of the molecule is CCC(C)=NNC(=O)c1nnn(-c2nonc2N)c1-c1cccc([N+](=O)[O-])c1. The van der Waals surface area contributed by atoms with E-state index in [1.54, 1.807) is 13.0 Å². The number of anilines is 1. The van der Waals surface area contributed by atoms with Gasteiger partial charge in [0.2, 0.25) is 11.6 Å². The highest BCUT2D eigenvalue weighted by Gasteiger charge is 2.26. The van der Waals surface area contributed by atoms with Gasteiger partial charge in [0.1, 0.15) is 5.69 Å². The highest BCUT2D eigenvalue weighted by atomic mass is 16.6. The number of carbonyl (C=O) groups excluding carboxylic acids is 1. The molecule has 13 heteroatoms. The summed E-state index contributed by atoms with van der Waals surface area (Å²) in [6.45, 7) is 3.64. The second-order valence-corrected chi connectivity index (χ2v) is 5.62. The Morgan fingerprint density at radius 2 is 2.21 bits per heavy atom. The van der Waals surface area contributed by atoms with Gasteiger partial charge in [-0.1, -0.05) is 24.3 Å². The zero-order valence-corrected chi connectivity index (χ0v) is 14.9. The minimum atomic E-state index is -0.657. The Morgan fingerprint density at radius 3 is 2.86 bits per heavy atom. The number of nitro groups is 1. The van der Waals surface area contributed by atoms with E-state index in [-0.39, 0.29) is 28.7 Å². The molecule has 3 aromatic rings. The van der Waals surface area contributed by atoms with Crippen LogP contribution in [0.1, 0.15) is 30.8 Å². The lowest BCUT2D eigenvalue weighted by Crippen LogP contribution is -2.20. The Morgan fingerprint density at radius 1 is 1.43 bits per heavy atom. The fraction of sp³-hybridized carbons (Fsp3) is 0.200. The van der Waals surface area contributed by atoms with Crippen molar-refractivity contribution in [1.82, 2.24) is 30.7 Å². The number of nitrogens with two attached hydrogens (primary N) is 1. The second-order valence-electron chi connectivity index (χ2n) is 5.62. The summed E-state index contributed by atoms with van der Waals surface area (Å²) in [5.74, 6) is -0.764. The Labute approximate surface area is 157 Å². The third-order valence-corrected chi connectivity index (χ3v) is 3.77. The lowest BCUT2D eigenvalue weighted by molar-refractivity contribution is -0.384. The van der Waals surface area contributed by atoms with Gasteiger partial charge in [-0.15, -0.1) is 5.10 Å². The fourth-order valence-electron chi connectivity index (χ4n) is 2.22. The number of benzene rings is 1. The number of nitro benzene ring substituents is 1. The van der Waals surface area contributed by atoms with Crippen LogP contribution in [0.4, 0.5) is 11.5 Å². The van der Waals surface area contributed by atoms with Crippen molar-refractivity contribution in [2.24, 2.45) is 5.10 Å². The Balaban J connectivity index is 2.15. The van der Waals surface area contributed by atoms with E-state index in [2.05, 4.69) is 35.8 Å². The van der Waals surface area contributed by atoms with Crippen molar-refractivity contribution in [3.63, 3.8) is 0 Å². The Hall–Kier alpha value is -4.16. The van der Waals surface area contributed by atoms with Gasteiger partial charge >= 0.3 is 0 Å². The average molecular weight is 385 g/mol. The van der Waals surface area contributed by atoms with E-state index in [1.807, 2.05) is 6.92 Å². The van der Waals surface area contributed by atoms with E-state index in [0.29, 0.717) is 17.7 Å². The minimum Gasteiger partial charge on any atom is -0.378 e. The molecule has 1 aromatic carbocycles. The van der Waals surface area contributed by atoms with Gasteiger partial charge in [0.25, 0.3) is 11.6 Å². The van der Waals surface area contributed by atoms with Crippen LogP contribution in [0.15, 0.2) is 34.0 Å². The number of aromatic nitrogens is 5. The van der Waals surface area contributed by atoms with Crippen molar-refractivity contribution in [3.8, 4) is 17.1 Å². The van der Waals surface area contributed by atoms with E-state index in [1.165, 1.54) is 18.2 Å². The predicted octanol–water partition coefficient (Wildman–Crippen LogP) is 1.32. The largest absolute Gasteiger partial charge is 0.378 e. The lowest BCUT2D eigenvalue weighted by Gasteiger charge is -2.06. The molecule has 0 saturated heterocycles. The van der Waals surface area contributed by atoms with Gasteiger partial charge < -0.3 is 5.73 Å². The van der Waals surface area contributed by atoms with Crippen LogP contribution >= 0.6 is 0 Å². The van der Waals surface area contributed by atoms with Crippen LogP contribution in [0.5, 0.6) is 0 Å². The van der Waals surface area contributed by atoms with Gasteiger partial charge in [0.05, 0.1) is 4.92 Å². The van der Waals surface area contributed by atoms with Gasteiger partial charge in [-0.25, -0.2) is 10.1 Å². The van der Waals surface area contributed by atoms with Crippen molar-refractivity contribution >= 4 is 23.1 Å². The lowest BCUT2D eigenvalue weighted by atomic mass is 10.1. The molecule has 1 amide bonds. The number of hydrazone groups is 1. The molecule has 0 aliphatic heterocycles. The summed E-state index contributed by atoms with van der Waals surface area (Å²) < 4.78 is 5.69. The van der Waals surface area contributed by atoms with Gasteiger partial charge in [-0.2, -0.15) is 9.78 Å². The minimum absolute atomic E-state index is 0.0127. The zero-order valence-electron chi connectivity index (χ0n) is 14.9. The molecule has 0 radical (unpaired) electrons. The molecule has 2 aromatic heterocycles. The molecular weight excluding hydrogens is 370 g/mol. The summed E-state index contributed by atoms with van der Waals surface area (Å²) >= 11 is 0. The maximum Gasteiger partial charge on any atom is 0.294 e. The fourth-order valence-corrected chi connectivity index (χ4v) is 2.22. The monoisotopic (exact) mass is 385 g/mol. The summed E-state index contributed by atoms with van der Waals surface area (Å²) in [4.78, 5) is 23.2. The second kappa shape index (κ2) is 7.61. The van der Waals surface area contributed by atoms with E-state index in [0.717, 1.165) is 4.68 Å². The molecule has 0 unspecified atom stereocenters. The number of hydrogen-bond donors (Lipinski definition) is 2. The molecule has 0 aliphatic rings. The topological polar surface area (TPSA) is 180 Å². The first kappa shape index (κ1) is 18.6. The first-order valence-electron chi connectivity index (χ1n) is 8.04. The maximum atomic E-state index is 12.6.